The summed E-state index contributed by atoms with van der Waals surface area (Å²) in [6.45, 7) is 0.464. The van der Waals surface area contributed by atoms with Crippen LogP contribution in [0.5, 0.6) is 17.2 Å². The van der Waals surface area contributed by atoms with Crippen molar-refractivity contribution in [1.29, 1.82) is 0 Å². The van der Waals surface area contributed by atoms with Crippen LogP contribution in [0, 0.1) is 0 Å². The minimum absolute atomic E-state index is 0.0347. The zero-order valence-corrected chi connectivity index (χ0v) is 11.0. The fraction of sp³-hybridized carbons (Fsp3) is 0.0667. The zero-order valence-electron chi connectivity index (χ0n) is 11.0. The van der Waals surface area contributed by atoms with E-state index in [1.165, 1.54) is 18.2 Å². The lowest BCUT2D eigenvalue weighted by Crippen LogP contribution is -1.99. The van der Waals surface area contributed by atoms with Gasteiger partial charge >= 0.3 is 0 Å². The van der Waals surface area contributed by atoms with E-state index in [1.54, 1.807) is 29.1 Å². The molecule has 0 radical (unpaired) electrons. The highest BCUT2D eigenvalue weighted by Gasteiger charge is 2.07. The minimum Gasteiger partial charge on any atom is -0.508 e. The highest BCUT2D eigenvalue weighted by atomic mass is 16.3. The molecule has 0 spiro atoms. The molecule has 0 bridgehead atoms. The van der Waals surface area contributed by atoms with E-state index in [9.17, 15) is 15.3 Å². The smallest absolute Gasteiger partial charge is 0.119 e. The molecule has 6 heteroatoms. The van der Waals surface area contributed by atoms with E-state index >= 15 is 0 Å². The van der Waals surface area contributed by atoms with Crippen molar-refractivity contribution < 1.29 is 15.3 Å². The molecular formula is C15H13N3O3. The molecule has 2 aromatic carbocycles. The van der Waals surface area contributed by atoms with Gasteiger partial charge < -0.3 is 15.3 Å². The lowest BCUT2D eigenvalue weighted by molar-refractivity contribution is 0.451. The molecule has 0 atom stereocenters. The van der Waals surface area contributed by atoms with Gasteiger partial charge in [0.15, 0.2) is 0 Å². The van der Waals surface area contributed by atoms with Crippen LogP contribution in [0.15, 0.2) is 48.7 Å². The third-order valence-corrected chi connectivity index (χ3v) is 2.99. The van der Waals surface area contributed by atoms with Crippen molar-refractivity contribution in [3.8, 4) is 28.5 Å². The topological polar surface area (TPSA) is 91.4 Å². The standard InChI is InChI=1S/C15H13N3O3/c19-12-3-1-2-10(4-12)8-18-9-15(16-17-18)11-5-13(20)7-14(21)6-11/h1-7,9,19-21H,8H2. The summed E-state index contributed by atoms with van der Waals surface area (Å²) in [4.78, 5) is 0. The molecule has 0 fully saturated rings. The molecule has 21 heavy (non-hydrogen) atoms. The van der Waals surface area contributed by atoms with Crippen molar-refractivity contribution in [2.24, 2.45) is 0 Å². The maximum absolute atomic E-state index is 9.48. The number of nitrogens with zero attached hydrogens (tertiary/aromatic N) is 3. The Hall–Kier alpha value is -3.02. The van der Waals surface area contributed by atoms with Gasteiger partial charge in [0.05, 0.1) is 12.7 Å². The van der Waals surface area contributed by atoms with Gasteiger partial charge in [-0.2, -0.15) is 0 Å². The summed E-state index contributed by atoms with van der Waals surface area (Å²) < 4.78 is 1.62. The van der Waals surface area contributed by atoms with Crippen molar-refractivity contribution in [2.45, 2.75) is 6.54 Å². The molecule has 106 valence electrons. The third kappa shape index (κ3) is 2.94. The van der Waals surface area contributed by atoms with E-state index in [0.717, 1.165) is 5.56 Å². The average molecular weight is 283 g/mol. The molecule has 0 saturated heterocycles. The maximum atomic E-state index is 9.48. The molecule has 0 amide bonds. The van der Waals surface area contributed by atoms with Gasteiger partial charge in [-0.05, 0) is 29.8 Å². The van der Waals surface area contributed by atoms with Gasteiger partial charge in [-0.3, -0.25) is 0 Å². The van der Waals surface area contributed by atoms with Crippen LogP contribution in [0.1, 0.15) is 5.56 Å². The Morgan fingerprint density at radius 1 is 0.905 bits per heavy atom. The lowest BCUT2D eigenvalue weighted by atomic mass is 10.1. The second-order valence-corrected chi connectivity index (χ2v) is 4.71. The first kappa shape index (κ1) is 13.0. The zero-order chi connectivity index (χ0) is 14.8. The molecule has 0 saturated carbocycles. The number of phenolic OH excluding ortho intramolecular Hbond substituents is 3. The van der Waals surface area contributed by atoms with Crippen LogP contribution in [0.25, 0.3) is 11.3 Å². The quantitative estimate of drug-likeness (QED) is 0.684. The molecule has 0 unspecified atom stereocenters. The number of benzene rings is 2. The van der Waals surface area contributed by atoms with Gasteiger partial charge in [0, 0.05) is 11.6 Å². The Bertz CT molecular complexity index is 763. The Kier molecular flexibility index (Phi) is 3.19. The molecule has 3 aromatic rings. The summed E-state index contributed by atoms with van der Waals surface area (Å²) >= 11 is 0. The molecule has 6 nitrogen and oxygen atoms in total. The van der Waals surface area contributed by atoms with Crippen molar-refractivity contribution in [1.82, 2.24) is 15.0 Å². The fourth-order valence-corrected chi connectivity index (χ4v) is 2.09. The Morgan fingerprint density at radius 2 is 1.67 bits per heavy atom. The van der Waals surface area contributed by atoms with Gasteiger partial charge in [0.2, 0.25) is 0 Å². The van der Waals surface area contributed by atoms with E-state index in [-0.39, 0.29) is 17.2 Å². The highest BCUT2D eigenvalue weighted by molar-refractivity contribution is 5.62. The molecule has 0 aliphatic rings. The van der Waals surface area contributed by atoms with Gasteiger partial charge in [-0.15, -0.1) is 5.10 Å². The van der Waals surface area contributed by atoms with Crippen LogP contribution in [0.2, 0.25) is 0 Å². The Balaban J connectivity index is 1.86. The summed E-state index contributed by atoms with van der Waals surface area (Å²) in [7, 11) is 0. The van der Waals surface area contributed by atoms with E-state index in [2.05, 4.69) is 10.3 Å². The molecular weight excluding hydrogens is 270 g/mol. The van der Waals surface area contributed by atoms with E-state index < -0.39 is 0 Å². The monoisotopic (exact) mass is 283 g/mol. The number of aromatic nitrogens is 3. The molecule has 1 aromatic heterocycles. The fourth-order valence-electron chi connectivity index (χ4n) is 2.09. The van der Waals surface area contributed by atoms with Crippen LogP contribution >= 0.6 is 0 Å². The van der Waals surface area contributed by atoms with Crippen LogP contribution < -0.4 is 0 Å². The normalized spacial score (nSPS) is 10.7. The van der Waals surface area contributed by atoms with Crippen LogP contribution in [-0.4, -0.2) is 30.3 Å². The maximum Gasteiger partial charge on any atom is 0.119 e. The van der Waals surface area contributed by atoms with Crippen LogP contribution in [0.4, 0.5) is 0 Å². The Labute approximate surface area is 120 Å². The predicted molar refractivity (Wildman–Crippen MR) is 76.0 cm³/mol. The summed E-state index contributed by atoms with van der Waals surface area (Å²) in [6, 6.07) is 11.1. The molecule has 3 N–H and O–H groups in total. The van der Waals surface area contributed by atoms with E-state index in [0.29, 0.717) is 17.8 Å². The third-order valence-electron chi connectivity index (χ3n) is 2.99. The van der Waals surface area contributed by atoms with Crippen molar-refractivity contribution in [3.05, 3.63) is 54.2 Å². The molecule has 0 aliphatic carbocycles. The first-order chi connectivity index (χ1) is 10.1. The lowest BCUT2D eigenvalue weighted by Gasteiger charge is -2.01. The number of phenols is 3. The molecule has 1 heterocycles. The van der Waals surface area contributed by atoms with Gasteiger partial charge in [-0.25, -0.2) is 4.68 Å². The second kappa shape index (κ2) is 5.16. The Morgan fingerprint density at radius 3 is 2.38 bits per heavy atom. The van der Waals surface area contributed by atoms with Crippen molar-refractivity contribution >= 4 is 0 Å². The number of rotatable bonds is 3. The van der Waals surface area contributed by atoms with Gasteiger partial charge in [-0.1, -0.05) is 17.3 Å². The highest BCUT2D eigenvalue weighted by Crippen LogP contribution is 2.27. The summed E-state index contributed by atoms with van der Waals surface area (Å²) in [6.07, 6.45) is 1.71. The largest absolute Gasteiger partial charge is 0.508 e. The van der Waals surface area contributed by atoms with E-state index in [1.807, 2.05) is 6.07 Å². The average Bonchev–Trinajstić information content (AvgIpc) is 2.86. The van der Waals surface area contributed by atoms with E-state index in [4.69, 9.17) is 0 Å². The van der Waals surface area contributed by atoms with Crippen molar-refractivity contribution in [2.75, 3.05) is 0 Å². The summed E-state index contributed by atoms with van der Waals surface area (Å²) in [5.74, 6) is 0.130. The molecule has 0 aliphatic heterocycles. The first-order valence-corrected chi connectivity index (χ1v) is 6.31. The number of hydrogen-bond acceptors (Lipinski definition) is 5. The summed E-state index contributed by atoms with van der Waals surface area (Å²) in [5, 5.41) is 36.4. The van der Waals surface area contributed by atoms with Crippen molar-refractivity contribution in [3.63, 3.8) is 0 Å². The van der Waals surface area contributed by atoms with Gasteiger partial charge in [0.1, 0.15) is 22.9 Å². The number of hydrogen-bond donors (Lipinski definition) is 3. The van der Waals surface area contributed by atoms with Gasteiger partial charge in [0.25, 0.3) is 0 Å². The second-order valence-electron chi connectivity index (χ2n) is 4.71. The van der Waals surface area contributed by atoms with Crippen LogP contribution in [0.3, 0.4) is 0 Å². The number of aromatic hydroxyl groups is 3. The molecule has 3 rings (SSSR count). The minimum atomic E-state index is -0.0347. The first-order valence-electron chi connectivity index (χ1n) is 6.31. The predicted octanol–water partition coefficient (Wildman–Crippen LogP) is 2.11. The SMILES string of the molecule is Oc1cccc(Cn2cc(-c3cc(O)cc(O)c3)nn2)c1. The summed E-state index contributed by atoms with van der Waals surface area (Å²) in [5.41, 5.74) is 2.02. The van der Waals surface area contributed by atoms with Crippen LogP contribution in [-0.2, 0) is 6.54 Å².